The Balaban J connectivity index is 1.54. The molecule has 3 aromatic rings. The van der Waals surface area contributed by atoms with E-state index in [9.17, 15) is 22.0 Å². The van der Waals surface area contributed by atoms with Crippen LogP contribution in [0.25, 0.3) is 11.1 Å². The van der Waals surface area contributed by atoms with Gasteiger partial charge in [-0.05, 0) is 35.4 Å². The molecule has 168 valence electrons. The normalized spacial score (nSPS) is 18.5. The minimum absolute atomic E-state index is 0.0170. The summed E-state index contributed by atoms with van der Waals surface area (Å²) in [5.74, 6) is -5.58. The summed E-state index contributed by atoms with van der Waals surface area (Å²) in [5.41, 5.74) is -1.97. The van der Waals surface area contributed by atoms with Crippen LogP contribution < -0.4 is 4.74 Å². The largest absolute Gasteiger partial charge is 0.484 e. The fraction of sp³-hybridized carbons (Fsp3) is 0.217. The molecule has 1 unspecified atom stereocenters. The van der Waals surface area contributed by atoms with Crippen LogP contribution in [0.4, 0.5) is 30.7 Å². The number of halogens is 7. The average Bonchev–Trinajstić information content (AvgIpc) is 3.55. The maximum absolute atomic E-state index is 15.2. The molecule has 9 heteroatoms. The molecule has 32 heavy (non-hydrogen) atoms. The van der Waals surface area contributed by atoms with Gasteiger partial charge < -0.3 is 9.47 Å². The van der Waals surface area contributed by atoms with Gasteiger partial charge in [-0.15, -0.1) is 0 Å². The first-order valence-electron chi connectivity index (χ1n) is 9.40. The van der Waals surface area contributed by atoms with E-state index < -0.39 is 53.7 Å². The van der Waals surface area contributed by atoms with Crippen LogP contribution in [0.15, 0.2) is 66.7 Å². The third-order valence-corrected chi connectivity index (χ3v) is 5.14. The van der Waals surface area contributed by atoms with E-state index in [1.54, 1.807) is 0 Å². The average molecular weight is 456 g/mol. The SMILES string of the molecule is Fc1ccc(C2(C(F)(F)c3ccc(-c4ccc(OCC(F)(F)F)cc4)cc3)CO2)c(F)c1. The highest BCUT2D eigenvalue weighted by atomic mass is 19.4. The van der Waals surface area contributed by atoms with Gasteiger partial charge in [0.2, 0.25) is 0 Å². The lowest BCUT2D eigenvalue weighted by Crippen LogP contribution is -2.33. The Bertz CT molecular complexity index is 1100. The van der Waals surface area contributed by atoms with Crippen LogP contribution >= 0.6 is 0 Å². The lowest BCUT2D eigenvalue weighted by atomic mass is 9.87. The Kier molecular flexibility index (Phi) is 5.40. The standard InChI is InChI=1S/C23H15F7O2/c24-17-7-10-19(20(25)11-17)21(12-32-21)23(29,30)16-5-1-14(2-6-16)15-3-8-18(9-4-15)31-13-22(26,27)28/h1-11H,12-13H2. The van der Waals surface area contributed by atoms with Crippen molar-refractivity contribution in [1.29, 1.82) is 0 Å². The van der Waals surface area contributed by atoms with Crippen LogP contribution in [-0.4, -0.2) is 19.4 Å². The zero-order chi connectivity index (χ0) is 23.1. The third kappa shape index (κ3) is 4.17. The van der Waals surface area contributed by atoms with Crippen LogP contribution in [0.2, 0.25) is 0 Å². The van der Waals surface area contributed by atoms with Gasteiger partial charge in [-0.2, -0.15) is 22.0 Å². The summed E-state index contributed by atoms with van der Waals surface area (Å²) >= 11 is 0. The van der Waals surface area contributed by atoms with Crippen molar-refractivity contribution < 1.29 is 40.2 Å². The molecule has 1 heterocycles. The summed E-state index contributed by atoms with van der Waals surface area (Å²) < 4.78 is 104. The van der Waals surface area contributed by atoms with Gasteiger partial charge >= 0.3 is 12.1 Å². The molecule has 0 bridgehead atoms. The number of hydrogen-bond acceptors (Lipinski definition) is 2. The van der Waals surface area contributed by atoms with Crippen molar-refractivity contribution in [3.8, 4) is 16.9 Å². The summed E-state index contributed by atoms with van der Waals surface area (Å²) in [6, 6.07) is 13.2. The summed E-state index contributed by atoms with van der Waals surface area (Å²) in [6.45, 7) is -1.85. The maximum Gasteiger partial charge on any atom is 0.422 e. The molecule has 0 aromatic heterocycles. The lowest BCUT2D eigenvalue weighted by molar-refractivity contribution is -0.153. The minimum atomic E-state index is -4.46. The molecule has 0 radical (unpaired) electrons. The Hall–Kier alpha value is -3.07. The third-order valence-electron chi connectivity index (χ3n) is 5.14. The van der Waals surface area contributed by atoms with Crippen molar-refractivity contribution in [2.24, 2.45) is 0 Å². The van der Waals surface area contributed by atoms with Gasteiger partial charge in [0.1, 0.15) is 17.4 Å². The number of alkyl halides is 5. The van der Waals surface area contributed by atoms with Crippen molar-refractivity contribution >= 4 is 0 Å². The first kappa shape index (κ1) is 22.1. The minimum Gasteiger partial charge on any atom is -0.484 e. The van der Waals surface area contributed by atoms with Gasteiger partial charge in [0.05, 0.1) is 6.61 Å². The molecule has 1 saturated heterocycles. The van der Waals surface area contributed by atoms with E-state index >= 15 is 8.78 Å². The second-order valence-corrected chi connectivity index (χ2v) is 7.32. The van der Waals surface area contributed by atoms with E-state index in [2.05, 4.69) is 4.74 Å². The Morgan fingerprint density at radius 1 is 0.812 bits per heavy atom. The number of benzene rings is 3. The predicted octanol–water partition coefficient (Wildman–Crippen LogP) is 6.59. The van der Waals surface area contributed by atoms with E-state index in [4.69, 9.17) is 4.74 Å². The number of ether oxygens (including phenoxy) is 2. The molecular formula is C23H15F7O2. The molecule has 0 aliphatic carbocycles. The van der Waals surface area contributed by atoms with Crippen LogP contribution in [0, 0.1) is 11.6 Å². The van der Waals surface area contributed by atoms with Gasteiger partial charge in [-0.3, -0.25) is 0 Å². The van der Waals surface area contributed by atoms with Crippen molar-refractivity contribution in [3.63, 3.8) is 0 Å². The van der Waals surface area contributed by atoms with Crippen molar-refractivity contribution in [2.45, 2.75) is 17.7 Å². The fourth-order valence-corrected chi connectivity index (χ4v) is 3.41. The van der Waals surface area contributed by atoms with E-state index in [-0.39, 0.29) is 5.75 Å². The smallest absolute Gasteiger partial charge is 0.422 e. The molecule has 0 amide bonds. The summed E-state index contributed by atoms with van der Waals surface area (Å²) in [6.07, 6.45) is -4.46. The molecule has 1 atom stereocenters. The van der Waals surface area contributed by atoms with Crippen molar-refractivity contribution in [3.05, 3.63) is 89.5 Å². The lowest BCUT2D eigenvalue weighted by Gasteiger charge is -2.25. The molecule has 4 rings (SSSR count). The summed E-state index contributed by atoms with van der Waals surface area (Å²) in [4.78, 5) is 0. The molecular weight excluding hydrogens is 441 g/mol. The van der Waals surface area contributed by atoms with Crippen LogP contribution in [0.1, 0.15) is 11.1 Å². The molecule has 2 nitrogen and oxygen atoms in total. The Labute approximate surface area is 178 Å². The summed E-state index contributed by atoms with van der Waals surface area (Å²) in [7, 11) is 0. The van der Waals surface area contributed by atoms with Crippen LogP contribution in [-0.2, 0) is 16.3 Å². The molecule has 1 aliphatic rings. The van der Waals surface area contributed by atoms with Gasteiger partial charge in [-0.1, -0.05) is 36.4 Å². The van der Waals surface area contributed by atoms with Gasteiger partial charge in [-0.25, -0.2) is 8.78 Å². The monoisotopic (exact) mass is 456 g/mol. The highest BCUT2D eigenvalue weighted by Crippen LogP contribution is 2.56. The van der Waals surface area contributed by atoms with Gasteiger partial charge in [0.25, 0.3) is 0 Å². The predicted molar refractivity (Wildman–Crippen MR) is 101 cm³/mol. The van der Waals surface area contributed by atoms with E-state index in [1.807, 2.05) is 0 Å². The topological polar surface area (TPSA) is 21.8 Å². The van der Waals surface area contributed by atoms with Gasteiger partial charge in [0.15, 0.2) is 12.2 Å². The molecule has 1 fully saturated rings. The van der Waals surface area contributed by atoms with Crippen LogP contribution in [0.3, 0.4) is 0 Å². The van der Waals surface area contributed by atoms with Gasteiger partial charge in [0, 0.05) is 17.2 Å². The highest BCUT2D eigenvalue weighted by Gasteiger charge is 2.67. The Morgan fingerprint density at radius 2 is 1.38 bits per heavy atom. The molecule has 0 saturated carbocycles. The molecule has 0 spiro atoms. The summed E-state index contributed by atoms with van der Waals surface area (Å²) in [5, 5.41) is 0. The maximum atomic E-state index is 15.2. The fourth-order valence-electron chi connectivity index (χ4n) is 3.41. The first-order chi connectivity index (χ1) is 15.0. The zero-order valence-corrected chi connectivity index (χ0v) is 16.2. The number of rotatable bonds is 6. The van der Waals surface area contributed by atoms with E-state index in [0.717, 1.165) is 24.3 Å². The van der Waals surface area contributed by atoms with Crippen molar-refractivity contribution in [2.75, 3.05) is 13.2 Å². The second-order valence-electron chi connectivity index (χ2n) is 7.32. The number of epoxide rings is 1. The van der Waals surface area contributed by atoms with Crippen molar-refractivity contribution in [1.82, 2.24) is 0 Å². The van der Waals surface area contributed by atoms with E-state index in [1.165, 1.54) is 36.4 Å². The van der Waals surface area contributed by atoms with E-state index in [0.29, 0.717) is 17.2 Å². The Morgan fingerprint density at radius 3 is 1.88 bits per heavy atom. The zero-order valence-electron chi connectivity index (χ0n) is 16.2. The molecule has 0 N–H and O–H groups in total. The highest BCUT2D eigenvalue weighted by molar-refractivity contribution is 5.64. The van der Waals surface area contributed by atoms with Crippen LogP contribution in [0.5, 0.6) is 5.75 Å². The second kappa shape index (κ2) is 7.81. The quantitative estimate of drug-likeness (QED) is 0.308. The number of hydrogen-bond donors (Lipinski definition) is 0. The molecule has 1 aliphatic heterocycles. The first-order valence-corrected chi connectivity index (χ1v) is 9.40. The molecule has 3 aromatic carbocycles.